The maximum atomic E-state index is 9.80. The zero-order valence-corrected chi connectivity index (χ0v) is 10.6. The average molecular weight is 251 g/mol. The first-order chi connectivity index (χ1) is 8.84. The normalized spacial score (nSPS) is 18.5. The second-order valence-corrected chi connectivity index (χ2v) is 4.70. The number of ether oxygens (including phenoxy) is 1. The van der Waals surface area contributed by atoms with Gasteiger partial charge in [-0.15, -0.1) is 0 Å². The molecule has 1 atom stereocenters. The molecule has 0 radical (unpaired) electrons. The lowest BCUT2D eigenvalue weighted by atomic mass is 9.98. The summed E-state index contributed by atoms with van der Waals surface area (Å²) < 4.78 is 5.70. The summed E-state index contributed by atoms with van der Waals surface area (Å²) in [5.74, 6) is 0.536. The van der Waals surface area contributed by atoms with Crippen LogP contribution in [0.2, 0.25) is 0 Å². The molecule has 18 heavy (non-hydrogen) atoms. The minimum absolute atomic E-state index is 0.335. The van der Waals surface area contributed by atoms with Crippen molar-refractivity contribution in [3.8, 4) is 0 Å². The lowest BCUT2D eigenvalue weighted by molar-refractivity contribution is -0.0195. The van der Waals surface area contributed by atoms with Crippen LogP contribution in [-0.4, -0.2) is 40.4 Å². The lowest BCUT2D eigenvalue weighted by Crippen LogP contribution is -2.29. The molecular formula is C13H21N3O2. The van der Waals surface area contributed by atoms with E-state index in [1.807, 2.05) is 0 Å². The van der Waals surface area contributed by atoms with Gasteiger partial charge in [-0.25, -0.2) is 9.97 Å². The molecule has 100 valence electrons. The molecule has 1 aliphatic rings. The fraction of sp³-hybridized carbons (Fsp3) is 0.692. The Morgan fingerprint density at radius 1 is 1.28 bits per heavy atom. The van der Waals surface area contributed by atoms with E-state index in [9.17, 15) is 5.11 Å². The molecule has 1 heterocycles. The Morgan fingerprint density at radius 2 is 2.00 bits per heavy atom. The van der Waals surface area contributed by atoms with Crippen LogP contribution >= 0.6 is 0 Å². The van der Waals surface area contributed by atoms with Crippen LogP contribution in [0.4, 0.5) is 5.95 Å². The van der Waals surface area contributed by atoms with E-state index in [0.29, 0.717) is 25.2 Å². The smallest absolute Gasteiger partial charge is 0.222 e. The molecule has 2 N–H and O–H groups in total. The molecule has 2 rings (SSSR count). The van der Waals surface area contributed by atoms with E-state index >= 15 is 0 Å². The number of aliphatic hydroxyl groups excluding tert-OH is 1. The first-order valence-corrected chi connectivity index (χ1v) is 6.65. The average Bonchev–Trinajstić information content (AvgIpc) is 2.45. The van der Waals surface area contributed by atoms with Crippen molar-refractivity contribution >= 4 is 5.95 Å². The van der Waals surface area contributed by atoms with Gasteiger partial charge in [0.15, 0.2) is 0 Å². The van der Waals surface area contributed by atoms with Gasteiger partial charge in [-0.3, -0.25) is 0 Å². The van der Waals surface area contributed by atoms with E-state index in [0.717, 1.165) is 12.8 Å². The Labute approximate surface area is 108 Å². The molecule has 1 saturated carbocycles. The quantitative estimate of drug-likeness (QED) is 0.804. The van der Waals surface area contributed by atoms with Crippen molar-refractivity contribution in [1.29, 1.82) is 0 Å². The SMILES string of the molecule is O[C@@H](CNc1ncccn1)COC1CCCCC1. The number of hydrogen-bond acceptors (Lipinski definition) is 5. The van der Waals surface area contributed by atoms with Gasteiger partial charge in [0.1, 0.15) is 0 Å². The number of rotatable bonds is 6. The molecule has 0 saturated heterocycles. The maximum absolute atomic E-state index is 9.80. The molecule has 0 bridgehead atoms. The number of nitrogens with zero attached hydrogens (tertiary/aromatic N) is 2. The van der Waals surface area contributed by atoms with Gasteiger partial charge in [0, 0.05) is 18.9 Å². The summed E-state index contributed by atoms with van der Waals surface area (Å²) in [6.07, 6.45) is 9.21. The number of anilines is 1. The van der Waals surface area contributed by atoms with Crippen LogP contribution in [-0.2, 0) is 4.74 Å². The Kier molecular flexibility index (Phi) is 5.36. The molecule has 5 heteroatoms. The number of nitrogens with one attached hydrogen (secondary N) is 1. The van der Waals surface area contributed by atoms with Crippen molar-refractivity contribution in [2.24, 2.45) is 0 Å². The van der Waals surface area contributed by atoms with Gasteiger partial charge in [-0.2, -0.15) is 0 Å². The number of aromatic nitrogens is 2. The molecule has 0 aliphatic heterocycles. The minimum Gasteiger partial charge on any atom is -0.389 e. The summed E-state index contributed by atoms with van der Waals surface area (Å²) in [6.45, 7) is 0.793. The summed E-state index contributed by atoms with van der Waals surface area (Å²) in [7, 11) is 0. The van der Waals surface area contributed by atoms with Crippen LogP contribution in [0.3, 0.4) is 0 Å². The Morgan fingerprint density at radius 3 is 2.72 bits per heavy atom. The predicted molar refractivity (Wildman–Crippen MR) is 69.4 cm³/mol. The Hall–Kier alpha value is -1.20. The molecule has 1 aromatic heterocycles. The van der Waals surface area contributed by atoms with E-state index in [-0.39, 0.29) is 0 Å². The van der Waals surface area contributed by atoms with Crippen molar-refractivity contribution in [1.82, 2.24) is 9.97 Å². The van der Waals surface area contributed by atoms with E-state index in [1.165, 1.54) is 19.3 Å². The molecule has 1 fully saturated rings. The number of aliphatic hydroxyl groups is 1. The third kappa shape index (κ3) is 4.58. The summed E-state index contributed by atoms with van der Waals surface area (Å²) in [6, 6.07) is 1.76. The third-order valence-electron chi connectivity index (χ3n) is 3.14. The zero-order valence-electron chi connectivity index (χ0n) is 10.6. The topological polar surface area (TPSA) is 67.3 Å². The van der Waals surface area contributed by atoms with Crippen molar-refractivity contribution in [3.63, 3.8) is 0 Å². The highest BCUT2D eigenvalue weighted by Gasteiger charge is 2.15. The second-order valence-electron chi connectivity index (χ2n) is 4.70. The van der Waals surface area contributed by atoms with Crippen LogP contribution in [0.25, 0.3) is 0 Å². The highest BCUT2D eigenvalue weighted by molar-refractivity contribution is 5.21. The fourth-order valence-electron chi connectivity index (χ4n) is 2.14. The molecule has 0 unspecified atom stereocenters. The standard InChI is InChI=1S/C13H21N3O2/c17-11(9-16-13-14-7-4-8-15-13)10-18-12-5-2-1-3-6-12/h4,7-8,11-12,17H,1-3,5-6,9-10H2,(H,14,15,16)/t11-/m0/s1. The highest BCUT2D eigenvalue weighted by Crippen LogP contribution is 2.20. The first kappa shape index (κ1) is 13.2. The molecule has 5 nitrogen and oxygen atoms in total. The van der Waals surface area contributed by atoms with Crippen LogP contribution in [0.1, 0.15) is 32.1 Å². The molecule has 0 spiro atoms. The largest absolute Gasteiger partial charge is 0.389 e. The van der Waals surface area contributed by atoms with E-state index < -0.39 is 6.10 Å². The Bertz CT molecular complexity index is 328. The van der Waals surface area contributed by atoms with Gasteiger partial charge in [-0.1, -0.05) is 19.3 Å². The molecule has 1 aliphatic carbocycles. The lowest BCUT2D eigenvalue weighted by Gasteiger charge is -2.23. The van der Waals surface area contributed by atoms with Crippen molar-refractivity contribution in [2.45, 2.75) is 44.3 Å². The van der Waals surface area contributed by atoms with Crippen LogP contribution < -0.4 is 5.32 Å². The van der Waals surface area contributed by atoms with E-state index in [2.05, 4.69) is 15.3 Å². The third-order valence-corrected chi connectivity index (χ3v) is 3.14. The van der Waals surface area contributed by atoms with Gasteiger partial charge in [0.25, 0.3) is 0 Å². The van der Waals surface area contributed by atoms with Gasteiger partial charge in [0.05, 0.1) is 18.8 Å². The second kappa shape index (κ2) is 7.28. The highest BCUT2D eigenvalue weighted by atomic mass is 16.5. The van der Waals surface area contributed by atoms with Gasteiger partial charge < -0.3 is 15.2 Å². The van der Waals surface area contributed by atoms with Crippen molar-refractivity contribution in [2.75, 3.05) is 18.5 Å². The van der Waals surface area contributed by atoms with Crippen LogP contribution in [0, 0.1) is 0 Å². The predicted octanol–water partition coefficient (Wildman–Crippen LogP) is 1.60. The van der Waals surface area contributed by atoms with Crippen molar-refractivity contribution < 1.29 is 9.84 Å². The summed E-state index contributed by atoms with van der Waals surface area (Å²) in [5, 5.41) is 12.8. The monoisotopic (exact) mass is 251 g/mol. The van der Waals surface area contributed by atoms with Gasteiger partial charge in [-0.05, 0) is 18.9 Å². The van der Waals surface area contributed by atoms with Crippen molar-refractivity contribution in [3.05, 3.63) is 18.5 Å². The van der Waals surface area contributed by atoms with Gasteiger partial charge in [0.2, 0.25) is 5.95 Å². The van der Waals surface area contributed by atoms with Crippen LogP contribution in [0.15, 0.2) is 18.5 Å². The fourth-order valence-corrected chi connectivity index (χ4v) is 2.14. The van der Waals surface area contributed by atoms with E-state index in [1.54, 1.807) is 18.5 Å². The number of hydrogen-bond donors (Lipinski definition) is 2. The minimum atomic E-state index is -0.518. The zero-order chi connectivity index (χ0) is 12.6. The molecule has 0 aromatic carbocycles. The summed E-state index contributed by atoms with van der Waals surface area (Å²) in [5.41, 5.74) is 0. The Balaban J connectivity index is 1.61. The molecule has 1 aromatic rings. The maximum Gasteiger partial charge on any atom is 0.222 e. The summed E-state index contributed by atoms with van der Waals surface area (Å²) >= 11 is 0. The van der Waals surface area contributed by atoms with Gasteiger partial charge >= 0.3 is 0 Å². The molecule has 0 amide bonds. The molecular weight excluding hydrogens is 230 g/mol. The van der Waals surface area contributed by atoms with Crippen LogP contribution in [0.5, 0.6) is 0 Å². The van der Waals surface area contributed by atoms with E-state index in [4.69, 9.17) is 4.74 Å². The summed E-state index contributed by atoms with van der Waals surface area (Å²) in [4.78, 5) is 8.05. The first-order valence-electron chi connectivity index (χ1n) is 6.65.